The Morgan fingerprint density at radius 2 is 2.16 bits per heavy atom. The minimum absolute atomic E-state index is 0.317. The molecule has 0 saturated heterocycles. The van der Waals surface area contributed by atoms with E-state index < -0.39 is 11.6 Å². The van der Waals surface area contributed by atoms with Crippen LogP contribution in [0.1, 0.15) is 31.7 Å². The summed E-state index contributed by atoms with van der Waals surface area (Å²) in [5.74, 6) is -0.704. The Morgan fingerprint density at radius 3 is 2.79 bits per heavy atom. The van der Waals surface area contributed by atoms with Gasteiger partial charge >= 0.3 is 0 Å². The van der Waals surface area contributed by atoms with E-state index in [0.29, 0.717) is 29.8 Å². The van der Waals surface area contributed by atoms with E-state index in [0.717, 1.165) is 0 Å². The second-order valence-corrected chi connectivity index (χ2v) is 5.25. The summed E-state index contributed by atoms with van der Waals surface area (Å²) in [6.45, 7) is 1.35. The molecule has 2 atom stereocenters. The molecule has 0 heterocycles. The molecular weight excluding hydrogens is 266 g/mol. The third kappa shape index (κ3) is 2.51. The van der Waals surface area contributed by atoms with Crippen LogP contribution in [0.3, 0.4) is 0 Å². The fraction of sp³-hybridized carbons (Fsp3) is 0.429. The van der Waals surface area contributed by atoms with Gasteiger partial charge in [0.15, 0.2) is 5.78 Å². The third-order valence-electron chi connectivity index (χ3n) is 3.48. The summed E-state index contributed by atoms with van der Waals surface area (Å²) in [7, 11) is 0. The van der Waals surface area contributed by atoms with Crippen LogP contribution in [0.5, 0.6) is 0 Å². The maximum atomic E-state index is 12.4. The van der Waals surface area contributed by atoms with Gasteiger partial charge in [0.05, 0.1) is 0 Å². The summed E-state index contributed by atoms with van der Waals surface area (Å²) in [5.41, 5.74) is -0.655. The first-order valence-electron chi connectivity index (χ1n) is 6.23. The molecule has 2 N–H and O–H groups in total. The van der Waals surface area contributed by atoms with Gasteiger partial charge in [-0.1, -0.05) is 29.8 Å². The maximum absolute atomic E-state index is 12.4. The topological polar surface area (TPSA) is 66.4 Å². The van der Waals surface area contributed by atoms with Crippen molar-refractivity contribution in [1.29, 1.82) is 0 Å². The molecule has 1 aliphatic rings. The molecule has 0 radical (unpaired) electrons. The second-order valence-electron chi connectivity index (χ2n) is 4.84. The van der Waals surface area contributed by atoms with Gasteiger partial charge in [-0.3, -0.25) is 9.59 Å². The second kappa shape index (κ2) is 5.31. The molecular formula is C14H16ClNO3. The summed E-state index contributed by atoms with van der Waals surface area (Å²) in [6, 6.07) is 6.92. The van der Waals surface area contributed by atoms with Gasteiger partial charge in [0, 0.05) is 17.5 Å². The van der Waals surface area contributed by atoms with Crippen molar-refractivity contribution >= 4 is 23.3 Å². The van der Waals surface area contributed by atoms with Crippen LogP contribution >= 0.6 is 11.6 Å². The Labute approximate surface area is 116 Å². The highest BCUT2D eigenvalue weighted by Gasteiger charge is 2.47. The van der Waals surface area contributed by atoms with Crippen LogP contribution in [0.2, 0.25) is 5.02 Å². The number of halogens is 1. The van der Waals surface area contributed by atoms with E-state index in [1.165, 1.54) is 6.92 Å². The van der Waals surface area contributed by atoms with E-state index in [1.54, 1.807) is 24.3 Å². The molecule has 2 unspecified atom stereocenters. The van der Waals surface area contributed by atoms with Gasteiger partial charge in [-0.05, 0) is 25.3 Å². The number of aliphatic hydroxyl groups is 1. The SMILES string of the molecule is CC(=O)NC1(c2ccccc2Cl)CCCC(O)C1=O. The molecule has 19 heavy (non-hydrogen) atoms. The molecule has 1 aromatic carbocycles. The minimum atomic E-state index is -1.21. The van der Waals surface area contributed by atoms with Crippen LogP contribution in [-0.4, -0.2) is 22.9 Å². The number of ketones is 1. The van der Waals surface area contributed by atoms with Gasteiger partial charge in [0.1, 0.15) is 11.6 Å². The molecule has 1 amide bonds. The average Bonchev–Trinajstić information content (AvgIpc) is 2.35. The molecule has 0 aliphatic heterocycles. The smallest absolute Gasteiger partial charge is 0.217 e. The number of hydrogen-bond acceptors (Lipinski definition) is 3. The molecule has 1 saturated carbocycles. The lowest BCUT2D eigenvalue weighted by Gasteiger charge is -2.39. The van der Waals surface area contributed by atoms with Crippen LogP contribution in [0.4, 0.5) is 0 Å². The van der Waals surface area contributed by atoms with Crippen molar-refractivity contribution in [3.63, 3.8) is 0 Å². The van der Waals surface area contributed by atoms with Crippen molar-refractivity contribution in [2.45, 2.75) is 37.8 Å². The molecule has 1 fully saturated rings. The Hall–Kier alpha value is -1.39. The number of carbonyl (C=O) groups is 2. The van der Waals surface area contributed by atoms with Crippen LogP contribution in [0, 0.1) is 0 Å². The lowest BCUT2D eigenvalue weighted by atomic mass is 9.74. The summed E-state index contributed by atoms with van der Waals surface area (Å²) in [6.07, 6.45) is 0.465. The summed E-state index contributed by atoms with van der Waals surface area (Å²) < 4.78 is 0. The zero-order chi connectivity index (χ0) is 14.0. The molecule has 0 aromatic heterocycles. The van der Waals surface area contributed by atoms with Crippen molar-refractivity contribution in [3.05, 3.63) is 34.9 Å². The van der Waals surface area contributed by atoms with Crippen LogP contribution in [0.15, 0.2) is 24.3 Å². The molecule has 0 bridgehead atoms. The predicted octanol–water partition coefficient (Wildman–Crippen LogP) is 1.79. The van der Waals surface area contributed by atoms with E-state index in [9.17, 15) is 14.7 Å². The molecule has 1 aromatic rings. The normalized spacial score (nSPS) is 27.1. The molecule has 0 spiro atoms. The molecule has 102 valence electrons. The van der Waals surface area contributed by atoms with Crippen molar-refractivity contribution in [2.24, 2.45) is 0 Å². The van der Waals surface area contributed by atoms with E-state index in [2.05, 4.69) is 5.32 Å². The maximum Gasteiger partial charge on any atom is 0.217 e. The number of nitrogens with one attached hydrogen (secondary N) is 1. The molecule has 2 rings (SSSR count). The lowest BCUT2D eigenvalue weighted by Crippen LogP contribution is -2.57. The Bertz CT molecular complexity index is 517. The van der Waals surface area contributed by atoms with Gasteiger partial charge in [-0.15, -0.1) is 0 Å². The largest absolute Gasteiger partial charge is 0.385 e. The fourth-order valence-electron chi connectivity index (χ4n) is 2.67. The first kappa shape index (κ1) is 14.0. The number of aliphatic hydroxyl groups excluding tert-OH is 1. The predicted molar refractivity (Wildman–Crippen MR) is 71.8 cm³/mol. The minimum Gasteiger partial charge on any atom is -0.385 e. The highest BCUT2D eigenvalue weighted by molar-refractivity contribution is 6.31. The summed E-state index contributed by atoms with van der Waals surface area (Å²) in [4.78, 5) is 23.9. The van der Waals surface area contributed by atoms with E-state index in [1.807, 2.05) is 0 Å². The van der Waals surface area contributed by atoms with Gasteiger partial charge in [0.25, 0.3) is 0 Å². The highest BCUT2D eigenvalue weighted by atomic mass is 35.5. The number of carbonyl (C=O) groups excluding carboxylic acids is 2. The van der Waals surface area contributed by atoms with Gasteiger partial charge in [0.2, 0.25) is 5.91 Å². The van der Waals surface area contributed by atoms with Gasteiger partial charge in [-0.2, -0.15) is 0 Å². The quantitative estimate of drug-likeness (QED) is 0.868. The summed E-state index contributed by atoms with van der Waals surface area (Å²) in [5, 5.41) is 12.9. The third-order valence-corrected chi connectivity index (χ3v) is 3.81. The van der Waals surface area contributed by atoms with Crippen molar-refractivity contribution in [3.8, 4) is 0 Å². The highest BCUT2D eigenvalue weighted by Crippen LogP contribution is 2.38. The number of benzene rings is 1. The van der Waals surface area contributed by atoms with Crippen LogP contribution in [0.25, 0.3) is 0 Å². The number of rotatable bonds is 2. The molecule has 1 aliphatic carbocycles. The molecule has 4 nitrogen and oxygen atoms in total. The Balaban J connectivity index is 2.54. The first-order valence-corrected chi connectivity index (χ1v) is 6.61. The van der Waals surface area contributed by atoms with Gasteiger partial charge < -0.3 is 10.4 Å². The Morgan fingerprint density at radius 1 is 1.47 bits per heavy atom. The zero-order valence-electron chi connectivity index (χ0n) is 10.6. The lowest BCUT2D eigenvalue weighted by molar-refractivity contribution is -0.141. The Kier molecular flexibility index (Phi) is 3.92. The van der Waals surface area contributed by atoms with E-state index in [4.69, 9.17) is 11.6 Å². The summed E-state index contributed by atoms with van der Waals surface area (Å²) >= 11 is 6.16. The number of amides is 1. The van der Waals surface area contributed by atoms with E-state index >= 15 is 0 Å². The fourth-order valence-corrected chi connectivity index (χ4v) is 2.96. The number of hydrogen-bond donors (Lipinski definition) is 2. The average molecular weight is 282 g/mol. The van der Waals surface area contributed by atoms with E-state index in [-0.39, 0.29) is 11.7 Å². The van der Waals surface area contributed by atoms with Crippen molar-refractivity contribution in [2.75, 3.05) is 0 Å². The monoisotopic (exact) mass is 281 g/mol. The molecule has 5 heteroatoms. The van der Waals surface area contributed by atoms with Crippen molar-refractivity contribution < 1.29 is 14.7 Å². The van der Waals surface area contributed by atoms with Gasteiger partial charge in [-0.25, -0.2) is 0 Å². The number of Topliss-reactive ketones (excluding diaryl/α,β-unsaturated/α-hetero) is 1. The first-order chi connectivity index (χ1) is 8.97. The zero-order valence-corrected chi connectivity index (χ0v) is 11.4. The standard InChI is InChI=1S/C14H16ClNO3/c1-9(17)16-14(8-4-7-12(18)13(14)19)10-5-2-3-6-11(10)15/h2-3,5-6,12,18H,4,7-8H2,1H3,(H,16,17). The van der Waals surface area contributed by atoms with Crippen molar-refractivity contribution in [1.82, 2.24) is 5.32 Å². The van der Waals surface area contributed by atoms with Crippen LogP contribution in [-0.2, 0) is 15.1 Å². The van der Waals surface area contributed by atoms with Crippen LogP contribution < -0.4 is 5.32 Å².